The van der Waals surface area contributed by atoms with Gasteiger partial charge in [0.2, 0.25) is 0 Å². The van der Waals surface area contributed by atoms with Crippen LogP contribution in [0.2, 0.25) is 0 Å². The van der Waals surface area contributed by atoms with Crippen LogP contribution in [0.15, 0.2) is 97.6 Å². The van der Waals surface area contributed by atoms with E-state index >= 15 is 0 Å². The SMILES string of the molecule is CC(C)c1cccc(C(C)C)c1N1C=CN(c2c(C(C)C)cccc2C(C)C)[CH-]1.CC(C)c1cccc(C(C)C)c1N1C=CN(c2c(C(C)C)cccc2C(C)C)[CH-]1.O.[Au+].[Au+]. The Kier molecular flexibility index (Phi) is 21.0. The molecule has 0 unspecified atom stereocenters. The Labute approximate surface area is 403 Å². The van der Waals surface area contributed by atoms with Crippen molar-refractivity contribution >= 4 is 22.7 Å². The van der Waals surface area contributed by atoms with E-state index < -0.39 is 0 Å². The first-order valence-corrected chi connectivity index (χ1v) is 22.1. The van der Waals surface area contributed by atoms with Gasteiger partial charge in [0, 0.05) is 22.7 Å². The predicted octanol–water partition coefficient (Wildman–Crippen LogP) is 15.4. The van der Waals surface area contributed by atoms with E-state index in [0.29, 0.717) is 47.3 Å². The molecule has 0 saturated heterocycles. The zero-order chi connectivity index (χ0) is 42.6. The molecule has 6 rings (SSSR count). The summed E-state index contributed by atoms with van der Waals surface area (Å²) in [7, 11) is 0. The third-order valence-electron chi connectivity index (χ3n) is 11.7. The largest absolute Gasteiger partial charge is 1.00 e. The van der Waals surface area contributed by atoms with E-state index in [1.54, 1.807) is 0 Å². The molecule has 340 valence electrons. The molecule has 0 bridgehead atoms. The molecule has 0 spiro atoms. The predicted molar refractivity (Wildman–Crippen MR) is 259 cm³/mol. The van der Waals surface area contributed by atoms with E-state index in [1.165, 1.54) is 67.3 Å². The molecule has 0 aliphatic carbocycles. The summed E-state index contributed by atoms with van der Waals surface area (Å²) in [5.41, 5.74) is 16.6. The normalized spacial score (nSPS) is 13.6. The molecular weight excluding hydrogens is 1110 g/mol. The van der Waals surface area contributed by atoms with E-state index in [9.17, 15) is 0 Å². The van der Waals surface area contributed by atoms with Gasteiger partial charge in [-0.3, -0.25) is 0 Å². The fraction of sp³-hybridized carbons (Fsp3) is 0.444. The Hall–Kier alpha value is -3.00. The molecule has 0 saturated carbocycles. The molecule has 61 heavy (non-hydrogen) atoms. The third-order valence-corrected chi connectivity index (χ3v) is 11.7. The zero-order valence-corrected chi connectivity index (χ0v) is 44.2. The second kappa shape index (κ2) is 23.6. The average Bonchev–Trinajstić information content (AvgIpc) is 3.87. The van der Waals surface area contributed by atoms with Gasteiger partial charge in [-0.25, -0.2) is 0 Å². The van der Waals surface area contributed by atoms with E-state index in [1.807, 2.05) is 0 Å². The van der Waals surface area contributed by atoms with Crippen molar-refractivity contribution in [1.82, 2.24) is 0 Å². The Morgan fingerprint density at radius 1 is 0.279 bits per heavy atom. The minimum atomic E-state index is 0. The summed E-state index contributed by atoms with van der Waals surface area (Å²) in [6.45, 7) is 41.1. The van der Waals surface area contributed by atoms with Gasteiger partial charge in [0.1, 0.15) is 0 Å². The minimum absolute atomic E-state index is 0. The van der Waals surface area contributed by atoms with Gasteiger partial charge in [0.25, 0.3) is 0 Å². The number of benzene rings is 4. The number of para-hydroxylation sites is 4. The summed E-state index contributed by atoms with van der Waals surface area (Å²) in [4.78, 5) is 9.30. The van der Waals surface area contributed by atoms with Gasteiger partial charge in [-0.15, -0.1) is 13.3 Å². The maximum absolute atomic E-state index is 2.33. The molecule has 4 aromatic rings. The van der Waals surface area contributed by atoms with E-state index in [0.717, 1.165) is 0 Å². The molecule has 5 nitrogen and oxygen atoms in total. The summed E-state index contributed by atoms with van der Waals surface area (Å²) in [5, 5.41) is 0. The van der Waals surface area contributed by atoms with Crippen molar-refractivity contribution < 1.29 is 50.2 Å². The van der Waals surface area contributed by atoms with Crippen LogP contribution in [0.5, 0.6) is 0 Å². The van der Waals surface area contributed by atoms with Crippen LogP contribution >= 0.6 is 0 Å². The monoisotopic (exact) mass is 1190 g/mol. The van der Waals surface area contributed by atoms with Crippen LogP contribution in [0.3, 0.4) is 0 Å². The summed E-state index contributed by atoms with van der Waals surface area (Å²) >= 11 is 0. The van der Waals surface area contributed by atoms with E-state index in [2.05, 4.69) is 241 Å². The molecule has 0 aromatic heterocycles. The molecule has 0 fully saturated rings. The van der Waals surface area contributed by atoms with Crippen LogP contribution in [0.1, 0.15) is 203 Å². The molecule has 0 amide bonds. The number of hydrogen-bond acceptors (Lipinski definition) is 4. The van der Waals surface area contributed by atoms with Crippen molar-refractivity contribution in [3.63, 3.8) is 0 Å². The van der Waals surface area contributed by atoms with Crippen molar-refractivity contribution in [3.05, 3.63) is 155 Å². The smallest absolute Gasteiger partial charge is 0.479 e. The molecule has 4 aromatic carbocycles. The molecule has 2 N–H and O–H groups in total. The van der Waals surface area contributed by atoms with Crippen LogP contribution in [-0.4, -0.2) is 5.48 Å². The fourth-order valence-corrected chi connectivity index (χ4v) is 8.48. The number of hydrogen-bond donors (Lipinski definition) is 0. The average molecular weight is 1190 g/mol. The second-order valence-corrected chi connectivity index (χ2v) is 18.8. The molecule has 0 radical (unpaired) electrons. The van der Waals surface area contributed by atoms with Gasteiger partial charge in [-0.2, -0.15) is 0 Å². The third kappa shape index (κ3) is 12.2. The fourth-order valence-electron chi connectivity index (χ4n) is 8.48. The maximum Gasteiger partial charge on any atom is 1.00 e. The summed E-state index contributed by atoms with van der Waals surface area (Å²) < 4.78 is 0. The van der Waals surface area contributed by atoms with Crippen molar-refractivity contribution in [2.75, 3.05) is 19.6 Å². The standard InChI is InChI=1S/2C27H37N2.2Au.H2O/c2*1-18(2)22-11-9-12-23(19(3)4)26(22)28-15-16-29(17-28)27-24(20(5)6)13-10-14-25(27)21(7)8;;;/h2*9-21H,1-8H3;;;1H2/q2*-1;2*+1;. The van der Waals surface area contributed by atoms with E-state index in [4.69, 9.17) is 0 Å². The minimum Gasteiger partial charge on any atom is -0.479 e. The Balaban J connectivity index is 0.000000400. The van der Waals surface area contributed by atoms with Gasteiger partial charge in [0.15, 0.2) is 0 Å². The molecule has 0 atom stereocenters. The summed E-state index contributed by atoms with van der Waals surface area (Å²) in [5.74, 6) is 3.84. The second-order valence-electron chi connectivity index (χ2n) is 18.8. The van der Waals surface area contributed by atoms with Crippen molar-refractivity contribution in [2.24, 2.45) is 0 Å². The zero-order valence-electron chi connectivity index (χ0n) is 39.9. The van der Waals surface area contributed by atoms with Gasteiger partial charge >= 0.3 is 44.8 Å². The van der Waals surface area contributed by atoms with Gasteiger partial charge in [-0.05, 0) is 117 Å². The van der Waals surface area contributed by atoms with Crippen molar-refractivity contribution in [2.45, 2.75) is 158 Å². The van der Waals surface area contributed by atoms with Crippen LogP contribution in [0.4, 0.5) is 22.7 Å². The van der Waals surface area contributed by atoms with Crippen LogP contribution < -0.4 is 19.6 Å². The quantitative estimate of drug-likeness (QED) is 0.105. The number of nitrogens with zero attached hydrogens (tertiary/aromatic N) is 4. The Morgan fingerprint density at radius 2 is 0.410 bits per heavy atom. The first-order chi connectivity index (χ1) is 27.4. The first kappa shape index (κ1) is 54.1. The van der Waals surface area contributed by atoms with Crippen LogP contribution in [0, 0.1) is 13.3 Å². The first-order valence-electron chi connectivity index (χ1n) is 22.1. The number of anilines is 4. The van der Waals surface area contributed by atoms with E-state index in [-0.39, 0.29) is 50.2 Å². The Morgan fingerprint density at radius 3 is 0.525 bits per heavy atom. The Bertz CT molecular complexity index is 1670. The maximum atomic E-state index is 2.33. The van der Waals surface area contributed by atoms with Gasteiger partial charge in [0.05, 0.1) is 0 Å². The molecule has 7 heteroatoms. The molecule has 2 heterocycles. The summed E-state index contributed by atoms with van der Waals surface area (Å²) in [6, 6.07) is 27.0. The molecular formula is C54H76Au2N4O. The van der Waals surface area contributed by atoms with Gasteiger partial charge < -0.3 is 25.1 Å². The van der Waals surface area contributed by atoms with Crippen molar-refractivity contribution in [3.8, 4) is 0 Å². The number of rotatable bonds is 12. The van der Waals surface area contributed by atoms with Crippen LogP contribution in [0.25, 0.3) is 0 Å². The van der Waals surface area contributed by atoms with Crippen LogP contribution in [-0.2, 0) is 44.8 Å². The topological polar surface area (TPSA) is 44.5 Å². The summed E-state index contributed by atoms with van der Waals surface area (Å²) in [6.07, 6.45) is 8.87. The molecule has 2 aliphatic heterocycles. The van der Waals surface area contributed by atoms with Crippen molar-refractivity contribution in [1.29, 1.82) is 0 Å². The molecule has 2 aliphatic rings. The van der Waals surface area contributed by atoms with Gasteiger partial charge in [-0.1, -0.05) is 184 Å².